The van der Waals surface area contributed by atoms with Crippen molar-refractivity contribution < 1.29 is 14.3 Å². The molecule has 4 nitrogen and oxygen atoms in total. The number of carbonyl (C=O) groups is 1. The van der Waals surface area contributed by atoms with Crippen molar-refractivity contribution in [2.75, 3.05) is 5.32 Å². The maximum atomic E-state index is 12.5. The Balaban J connectivity index is 2.09. The summed E-state index contributed by atoms with van der Waals surface area (Å²) in [7, 11) is 0. The first-order valence-electron chi connectivity index (χ1n) is 7.98. The highest BCUT2D eigenvalue weighted by Crippen LogP contribution is 2.26. The Kier molecular flexibility index (Phi) is 6.50. The topological polar surface area (TPSA) is 47.6 Å². The standard InChI is InChI=1S/C19H22ClNO3/c1-4-17(24-15-9-7-8-14(20)12-15)19(22)21-16-10-5-6-11-18(16)23-13(2)3/h5-13,17H,4H2,1-3H3,(H,21,22). The molecule has 0 saturated heterocycles. The number of ether oxygens (including phenoxy) is 2. The molecule has 0 spiro atoms. The average molecular weight is 348 g/mol. The summed E-state index contributed by atoms with van der Waals surface area (Å²) in [6.07, 6.45) is -0.0609. The summed E-state index contributed by atoms with van der Waals surface area (Å²) < 4.78 is 11.5. The van der Waals surface area contributed by atoms with E-state index < -0.39 is 6.10 Å². The summed E-state index contributed by atoms with van der Waals surface area (Å²) in [4.78, 5) is 12.5. The molecular formula is C19H22ClNO3. The largest absolute Gasteiger partial charge is 0.489 e. The number of nitrogens with one attached hydrogen (secondary N) is 1. The molecule has 24 heavy (non-hydrogen) atoms. The summed E-state index contributed by atoms with van der Waals surface area (Å²) in [5.41, 5.74) is 0.629. The van der Waals surface area contributed by atoms with Crippen LogP contribution in [-0.4, -0.2) is 18.1 Å². The van der Waals surface area contributed by atoms with Gasteiger partial charge >= 0.3 is 0 Å². The van der Waals surface area contributed by atoms with Crippen molar-refractivity contribution in [3.63, 3.8) is 0 Å². The van der Waals surface area contributed by atoms with Crippen LogP contribution in [0.25, 0.3) is 0 Å². The molecule has 5 heteroatoms. The number of rotatable bonds is 7. The van der Waals surface area contributed by atoms with Crippen LogP contribution in [0.2, 0.25) is 5.02 Å². The van der Waals surface area contributed by atoms with E-state index in [0.717, 1.165) is 0 Å². The van der Waals surface area contributed by atoms with Crippen molar-refractivity contribution in [2.45, 2.75) is 39.4 Å². The number of benzene rings is 2. The lowest BCUT2D eigenvalue weighted by molar-refractivity contribution is -0.122. The van der Waals surface area contributed by atoms with E-state index in [4.69, 9.17) is 21.1 Å². The molecule has 0 heterocycles. The molecule has 0 aliphatic rings. The molecule has 1 unspecified atom stereocenters. The van der Waals surface area contributed by atoms with Gasteiger partial charge < -0.3 is 14.8 Å². The van der Waals surface area contributed by atoms with Gasteiger partial charge in [0.1, 0.15) is 11.5 Å². The molecule has 1 N–H and O–H groups in total. The number of carbonyl (C=O) groups excluding carboxylic acids is 1. The number of hydrogen-bond acceptors (Lipinski definition) is 3. The summed E-state index contributed by atoms with van der Waals surface area (Å²) in [6.45, 7) is 5.77. The van der Waals surface area contributed by atoms with E-state index in [1.807, 2.05) is 45.0 Å². The van der Waals surface area contributed by atoms with E-state index in [2.05, 4.69) is 5.32 Å². The highest BCUT2D eigenvalue weighted by molar-refractivity contribution is 6.30. The summed E-state index contributed by atoms with van der Waals surface area (Å²) in [5, 5.41) is 3.45. The Labute approximate surface area is 147 Å². The molecule has 0 aliphatic heterocycles. The number of anilines is 1. The zero-order chi connectivity index (χ0) is 17.5. The minimum absolute atomic E-state index is 0.0211. The van der Waals surface area contributed by atoms with Crippen molar-refractivity contribution in [1.82, 2.24) is 0 Å². The Bertz CT molecular complexity index is 688. The van der Waals surface area contributed by atoms with Crippen LogP contribution < -0.4 is 14.8 Å². The van der Waals surface area contributed by atoms with Gasteiger partial charge in [-0.15, -0.1) is 0 Å². The molecule has 0 bridgehead atoms. The van der Waals surface area contributed by atoms with Gasteiger partial charge in [-0.25, -0.2) is 0 Å². The van der Waals surface area contributed by atoms with Gasteiger partial charge in [-0.05, 0) is 50.6 Å². The molecule has 0 fully saturated rings. The van der Waals surface area contributed by atoms with E-state index in [9.17, 15) is 4.79 Å². The first-order valence-corrected chi connectivity index (χ1v) is 8.36. The highest BCUT2D eigenvalue weighted by Gasteiger charge is 2.20. The molecule has 0 aliphatic carbocycles. The maximum absolute atomic E-state index is 12.5. The molecule has 0 aromatic heterocycles. The van der Waals surface area contributed by atoms with Gasteiger partial charge in [-0.1, -0.05) is 36.7 Å². The lowest BCUT2D eigenvalue weighted by Gasteiger charge is -2.19. The van der Waals surface area contributed by atoms with E-state index >= 15 is 0 Å². The Morgan fingerprint density at radius 1 is 1.12 bits per heavy atom. The quantitative estimate of drug-likeness (QED) is 0.773. The molecule has 2 aromatic rings. The highest BCUT2D eigenvalue weighted by atomic mass is 35.5. The monoisotopic (exact) mass is 347 g/mol. The van der Waals surface area contributed by atoms with Crippen molar-refractivity contribution in [3.05, 3.63) is 53.6 Å². The van der Waals surface area contributed by atoms with Gasteiger partial charge in [-0.3, -0.25) is 4.79 Å². The second kappa shape index (κ2) is 8.60. The summed E-state index contributed by atoms with van der Waals surface area (Å²) in [5.74, 6) is 0.979. The number of hydrogen-bond donors (Lipinski definition) is 1. The fourth-order valence-corrected chi connectivity index (χ4v) is 2.35. The lowest BCUT2D eigenvalue weighted by Crippen LogP contribution is -2.32. The van der Waals surface area contributed by atoms with E-state index in [1.165, 1.54) is 0 Å². The third-order valence-electron chi connectivity index (χ3n) is 3.25. The van der Waals surface area contributed by atoms with Crippen LogP contribution in [0.3, 0.4) is 0 Å². The van der Waals surface area contributed by atoms with Gasteiger partial charge in [0.2, 0.25) is 0 Å². The summed E-state index contributed by atoms with van der Waals surface area (Å²) in [6, 6.07) is 14.4. The number of amides is 1. The van der Waals surface area contributed by atoms with Crippen LogP contribution >= 0.6 is 11.6 Å². The van der Waals surface area contributed by atoms with Gasteiger partial charge in [-0.2, -0.15) is 0 Å². The zero-order valence-electron chi connectivity index (χ0n) is 14.1. The number of para-hydroxylation sites is 2. The fourth-order valence-electron chi connectivity index (χ4n) is 2.17. The van der Waals surface area contributed by atoms with Crippen LogP contribution in [-0.2, 0) is 4.79 Å². The van der Waals surface area contributed by atoms with E-state index in [-0.39, 0.29) is 12.0 Å². The van der Waals surface area contributed by atoms with Gasteiger partial charge in [0.15, 0.2) is 6.10 Å². The average Bonchev–Trinajstić information content (AvgIpc) is 2.54. The molecule has 128 valence electrons. The molecule has 2 aromatic carbocycles. The van der Waals surface area contributed by atoms with Gasteiger partial charge in [0.05, 0.1) is 11.8 Å². The van der Waals surface area contributed by atoms with Gasteiger partial charge in [0.25, 0.3) is 5.91 Å². The van der Waals surface area contributed by atoms with Crippen LogP contribution in [0.15, 0.2) is 48.5 Å². The predicted octanol–water partition coefficient (Wildman–Crippen LogP) is 4.92. The van der Waals surface area contributed by atoms with E-state index in [0.29, 0.717) is 28.6 Å². The molecule has 1 amide bonds. The van der Waals surface area contributed by atoms with Crippen molar-refractivity contribution in [1.29, 1.82) is 0 Å². The van der Waals surface area contributed by atoms with Crippen molar-refractivity contribution >= 4 is 23.2 Å². The first-order chi connectivity index (χ1) is 11.5. The molecular weight excluding hydrogens is 326 g/mol. The third-order valence-corrected chi connectivity index (χ3v) is 3.48. The lowest BCUT2D eigenvalue weighted by atomic mass is 10.2. The fraction of sp³-hybridized carbons (Fsp3) is 0.316. The second-order valence-electron chi connectivity index (χ2n) is 5.62. The Hall–Kier alpha value is -2.20. The Morgan fingerprint density at radius 3 is 2.54 bits per heavy atom. The smallest absolute Gasteiger partial charge is 0.265 e. The second-order valence-corrected chi connectivity index (χ2v) is 6.06. The van der Waals surface area contributed by atoms with Crippen LogP contribution in [0.5, 0.6) is 11.5 Å². The zero-order valence-corrected chi connectivity index (χ0v) is 14.8. The van der Waals surface area contributed by atoms with Crippen molar-refractivity contribution in [2.24, 2.45) is 0 Å². The van der Waals surface area contributed by atoms with Gasteiger partial charge in [0, 0.05) is 5.02 Å². The maximum Gasteiger partial charge on any atom is 0.265 e. The third kappa shape index (κ3) is 5.17. The van der Waals surface area contributed by atoms with Crippen LogP contribution in [0.4, 0.5) is 5.69 Å². The minimum atomic E-state index is -0.615. The first kappa shape index (κ1) is 18.1. The van der Waals surface area contributed by atoms with Crippen LogP contribution in [0, 0.1) is 0 Å². The molecule has 0 radical (unpaired) electrons. The Morgan fingerprint density at radius 2 is 1.88 bits per heavy atom. The predicted molar refractivity (Wildman–Crippen MR) is 97.0 cm³/mol. The number of halogens is 1. The van der Waals surface area contributed by atoms with Crippen molar-refractivity contribution in [3.8, 4) is 11.5 Å². The summed E-state index contributed by atoms with van der Waals surface area (Å²) >= 11 is 5.95. The molecule has 1 atom stereocenters. The van der Waals surface area contributed by atoms with E-state index in [1.54, 1.807) is 24.3 Å². The minimum Gasteiger partial charge on any atom is -0.489 e. The molecule has 0 saturated carbocycles. The molecule has 2 rings (SSSR count). The van der Waals surface area contributed by atoms with Crippen LogP contribution in [0.1, 0.15) is 27.2 Å². The SMILES string of the molecule is CCC(Oc1cccc(Cl)c1)C(=O)Nc1ccccc1OC(C)C. The normalized spacial score (nSPS) is 11.9.